The molecule has 0 saturated carbocycles. The Balaban J connectivity index is 2.10. The van der Waals surface area contributed by atoms with Gasteiger partial charge in [0.15, 0.2) is 11.6 Å². The molecule has 0 aliphatic heterocycles. The van der Waals surface area contributed by atoms with Crippen LogP contribution in [0, 0.1) is 11.6 Å². The Kier molecular flexibility index (Phi) is 3.20. The van der Waals surface area contributed by atoms with Crippen molar-refractivity contribution in [3.8, 4) is 11.4 Å². The lowest BCUT2D eigenvalue weighted by atomic mass is 10.1. The van der Waals surface area contributed by atoms with Gasteiger partial charge < -0.3 is 10.7 Å². The molecule has 2 aromatic carbocycles. The zero-order valence-electron chi connectivity index (χ0n) is 10.7. The fourth-order valence-electron chi connectivity index (χ4n) is 2.19. The van der Waals surface area contributed by atoms with E-state index in [-0.39, 0.29) is 5.52 Å². The molecule has 1 aromatic heterocycles. The molecule has 5 heteroatoms. The fourth-order valence-corrected chi connectivity index (χ4v) is 2.19. The maximum atomic E-state index is 13.7. The van der Waals surface area contributed by atoms with Gasteiger partial charge in [-0.1, -0.05) is 18.2 Å². The number of nitrogens with one attached hydrogen (secondary N) is 1. The van der Waals surface area contributed by atoms with E-state index in [9.17, 15) is 8.78 Å². The van der Waals surface area contributed by atoms with Crippen LogP contribution in [0.2, 0.25) is 0 Å². The molecule has 1 heterocycles. The van der Waals surface area contributed by atoms with Gasteiger partial charge in [-0.3, -0.25) is 0 Å². The molecular formula is C15H13F2N3. The molecule has 0 spiro atoms. The summed E-state index contributed by atoms with van der Waals surface area (Å²) in [7, 11) is 0. The van der Waals surface area contributed by atoms with Crippen molar-refractivity contribution in [1.82, 2.24) is 9.97 Å². The normalized spacial score (nSPS) is 11.2. The van der Waals surface area contributed by atoms with E-state index in [1.807, 2.05) is 24.3 Å². The molecular weight excluding hydrogens is 260 g/mol. The summed E-state index contributed by atoms with van der Waals surface area (Å²) in [6.45, 7) is 0.559. The molecule has 3 rings (SSSR count). The summed E-state index contributed by atoms with van der Waals surface area (Å²) in [6, 6.07) is 10.2. The molecule has 0 saturated heterocycles. The average molecular weight is 273 g/mol. The zero-order valence-corrected chi connectivity index (χ0v) is 10.7. The smallest absolute Gasteiger partial charge is 0.186 e. The second-order valence-corrected chi connectivity index (χ2v) is 4.58. The maximum Gasteiger partial charge on any atom is 0.186 e. The summed E-state index contributed by atoms with van der Waals surface area (Å²) in [5.41, 5.74) is 7.93. The zero-order chi connectivity index (χ0) is 14.1. The molecule has 0 bridgehead atoms. The molecule has 3 aromatic rings. The van der Waals surface area contributed by atoms with Crippen LogP contribution >= 0.6 is 0 Å². The van der Waals surface area contributed by atoms with Crippen LogP contribution < -0.4 is 5.73 Å². The van der Waals surface area contributed by atoms with E-state index in [1.54, 1.807) is 0 Å². The number of imidazole rings is 1. The highest BCUT2D eigenvalue weighted by molar-refractivity contribution is 5.80. The number of rotatable bonds is 3. The molecule has 102 valence electrons. The van der Waals surface area contributed by atoms with E-state index in [0.29, 0.717) is 17.9 Å². The standard InChI is InChI=1S/C15H13F2N3/c16-11-4-5-12-14(13(11)17)20-15(19-12)10-3-1-2-9(8-10)6-7-18/h1-5,8H,6-7,18H2,(H,19,20). The number of hydrogen-bond acceptors (Lipinski definition) is 2. The molecule has 0 unspecified atom stereocenters. The molecule has 0 radical (unpaired) electrons. The van der Waals surface area contributed by atoms with Crippen LogP contribution in [0.5, 0.6) is 0 Å². The van der Waals surface area contributed by atoms with Crippen molar-refractivity contribution in [3.05, 3.63) is 53.6 Å². The third-order valence-corrected chi connectivity index (χ3v) is 3.18. The first kappa shape index (κ1) is 12.7. The Morgan fingerprint density at radius 3 is 2.80 bits per heavy atom. The molecule has 3 nitrogen and oxygen atoms in total. The van der Waals surface area contributed by atoms with Crippen LogP contribution in [0.15, 0.2) is 36.4 Å². The summed E-state index contributed by atoms with van der Waals surface area (Å²) in [5.74, 6) is -1.31. The molecule has 3 N–H and O–H groups in total. The van der Waals surface area contributed by atoms with E-state index in [0.717, 1.165) is 23.6 Å². The number of nitrogens with two attached hydrogens (primary N) is 1. The van der Waals surface area contributed by atoms with Crippen LogP contribution in [0.3, 0.4) is 0 Å². The molecule has 0 atom stereocenters. The van der Waals surface area contributed by atoms with Crippen LogP contribution in [-0.2, 0) is 6.42 Å². The van der Waals surface area contributed by atoms with Crippen molar-refractivity contribution in [2.24, 2.45) is 5.73 Å². The fraction of sp³-hybridized carbons (Fsp3) is 0.133. The Labute approximate surface area is 114 Å². The minimum Gasteiger partial charge on any atom is -0.338 e. The van der Waals surface area contributed by atoms with Gasteiger partial charge in [0.2, 0.25) is 0 Å². The molecule has 0 fully saturated rings. The van der Waals surface area contributed by atoms with Crippen molar-refractivity contribution in [3.63, 3.8) is 0 Å². The first-order chi connectivity index (χ1) is 9.69. The van der Waals surface area contributed by atoms with Crippen molar-refractivity contribution in [1.29, 1.82) is 0 Å². The Morgan fingerprint density at radius 1 is 1.15 bits per heavy atom. The van der Waals surface area contributed by atoms with Crippen molar-refractivity contribution >= 4 is 11.0 Å². The predicted molar refractivity (Wildman–Crippen MR) is 74.2 cm³/mol. The highest BCUT2D eigenvalue weighted by Crippen LogP contribution is 2.24. The van der Waals surface area contributed by atoms with Gasteiger partial charge in [-0.25, -0.2) is 13.8 Å². The number of nitrogens with zero attached hydrogens (tertiary/aromatic N) is 1. The van der Waals surface area contributed by atoms with E-state index in [2.05, 4.69) is 9.97 Å². The second-order valence-electron chi connectivity index (χ2n) is 4.58. The number of halogens is 2. The lowest BCUT2D eigenvalue weighted by molar-refractivity contribution is 0.515. The first-order valence-corrected chi connectivity index (χ1v) is 6.32. The van der Waals surface area contributed by atoms with Crippen molar-refractivity contribution in [2.45, 2.75) is 6.42 Å². The number of aromatic nitrogens is 2. The van der Waals surface area contributed by atoms with E-state index >= 15 is 0 Å². The first-order valence-electron chi connectivity index (χ1n) is 6.32. The quantitative estimate of drug-likeness (QED) is 0.770. The third kappa shape index (κ3) is 2.16. The van der Waals surface area contributed by atoms with E-state index in [4.69, 9.17) is 5.73 Å². The average Bonchev–Trinajstić information content (AvgIpc) is 2.89. The van der Waals surface area contributed by atoms with Gasteiger partial charge in [0.05, 0.1) is 5.52 Å². The minimum absolute atomic E-state index is 0.0178. The second kappa shape index (κ2) is 5.02. The van der Waals surface area contributed by atoms with Gasteiger partial charge in [0.1, 0.15) is 11.3 Å². The van der Waals surface area contributed by atoms with Gasteiger partial charge in [-0.2, -0.15) is 0 Å². The minimum atomic E-state index is -0.928. The lowest BCUT2D eigenvalue weighted by Gasteiger charge is -2.01. The third-order valence-electron chi connectivity index (χ3n) is 3.18. The van der Waals surface area contributed by atoms with Crippen molar-refractivity contribution < 1.29 is 8.78 Å². The van der Waals surface area contributed by atoms with Crippen LogP contribution in [0.4, 0.5) is 8.78 Å². The number of fused-ring (bicyclic) bond motifs is 1. The molecule has 0 aliphatic carbocycles. The van der Waals surface area contributed by atoms with Gasteiger partial charge >= 0.3 is 0 Å². The van der Waals surface area contributed by atoms with Gasteiger partial charge in [-0.05, 0) is 36.7 Å². The molecule has 0 aliphatic rings. The highest BCUT2D eigenvalue weighted by Gasteiger charge is 2.12. The monoisotopic (exact) mass is 273 g/mol. The van der Waals surface area contributed by atoms with Crippen molar-refractivity contribution in [2.75, 3.05) is 6.54 Å². The van der Waals surface area contributed by atoms with Gasteiger partial charge in [0.25, 0.3) is 0 Å². The predicted octanol–water partition coefficient (Wildman–Crippen LogP) is 3.01. The number of hydrogen-bond donors (Lipinski definition) is 2. The highest BCUT2D eigenvalue weighted by atomic mass is 19.2. The summed E-state index contributed by atoms with van der Waals surface area (Å²) in [6.07, 6.45) is 0.761. The number of H-pyrrole nitrogens is 1. The van der Waals surface area contributed by atoms with Crippen LogP contribution in [0.25, 0.3) is 22.4 Å². The largest absolute Gasteiger partial charge is 0.338 e. The van der Waals surface area contributed by atoms with Gasteiger partial charge in [0, 0.05) is 5.56 Å². The Hall–Kier alpha value is -2.27. The van der Waals surface area contributed by atoms with E-state index < -0.39 is 11.6 Å². The SMILES string of the molecule is NCCc1cccc(-c2nc3c(F)c(F)ccc3[nH]2)c1. The lowest BCUT2D eigenvalue weighted by Crippen LogP contribution is -2.02. The van der Waals surface area contributed by atoms with Crippen LogP contribution in [-0.4, -0.2) is 16.5 Å². The topological polar surface area (TPSA) is 54.7 Å². The Bertz CT molecular complexity index is 765. The van der Waals surface area contributed by atoms with E-state index in [1.165, 1.54) is 6.07 Å². The Morgan fingerprint density at radius 2 is 2.00 bits per heavy atom. The summed E-state index contributed by atoms with van der Waals surface area (Å²) < 4.78 is 26.8. The summed E-state index contributed by atoms with van der Waals surface area (Å²) in [4.78, 5) is 7.14. The van der Waals surface area contributed by atoms with Gasteiger partial charge in [-0.15, -0.1) is 0 Å². The summed E-state index contributed by atoms with van der Waals surface area (Å²) in [5, 5.41) is 0. The summed E-state index contributed by atoms with van der Waals surface area (Å²) >= 11 is 0. The maximum absolute atomic E-state index is 13.7. The van der Waals surface area contributed by atoms with Crippen LogP contribution in [0.1, 0.15) is 5.56 Å². The number of aromatic amines is 1. The molecule has 0 amide bonds. The number of benzene rings is 2. The molecule has 20 heavy (non-hydrogen) atoms.